The van der Waals surface area contributed by atoms with Gasteiger partial charge in [0.05, 0.1) is 22.8 Å². The van der Waals surface area contributed by atoms with E-state index in [-0.39, 0.29) is 5.56 Å². The number of benzene rings is 1. The molecule has 5 heteroatoms. The second-order valence-electron chi connectivity index (χ2n) is 3.52. The highest BCUT2D eigenvalue weighted by Gasteiger charge is 2.10. The number of halogens is 1. The lowest BCUT2D eigenvalue weighted by Crippen LogP contribution is -2.23. The van der Waals surface area contributed by atoms with Crippen LogP contribution in [0.5, 0.6) is 0 Å². The van der Waals surface area contributed by atoms with Gasteiger partial charge in [-0.3, -0.25) is 4.79 Å². The van der Waals surface area contributed by atoms with Crippen molar-refractivity contribution in [1.82, 2.24) is 10.3 Å². The molecule has 3 nitrogen and oxygen atoms in total. The van der Waals surface area contributed by atoms with Gasteiger partial charge in [-0.05, 0) is 19.1 Å². The van der Waals surface area contributed by atoms with Gasteiger partial charge in [-0.25, -0.2) is 9.37 Å². The van der Waals surface area contributed by atoms with Gasteiger partial charge in [-0.2, -0.15) is 0 Å². The first-order valence-electron chi connectivity index (χ1n) is 5.10. The van der Waals surface area contributed by atoms with E-state index >= 15 is 0 Å². The minimum absolute atomic E-state index is 0.0550. The summed E-state index contributed by atoms with van der Waals surface area (Å²) in [7, 11) is 0. The van der Waals surface area contributed by atoms with Crippen molar-refractivity contribution in [3.05, 3.63) is 51.7 Å². The van der Waals surface area contributed by atoms with Crippen LogP contribution >= 0.6 is 11.3 Å². The molecule has 1 N–H and O–H groups in total. The molecular formula is C12H11FN2OS. The van der Waals surface area contributed by atoms with Gasteiger partial charge in [0.2, 0.25) is 0 Å². The monoisotopic (exact) mass is 250 g/mol. The van der Waals surface area contributed by atoms with Gasteiger partial charge in [0, 0.05) is 5.38 Å². The summed E-state index contributed by atoms with van der Waals surface area (Å²) in [6.45, 7) is 2.21. The first-order valence-corrected chi connectivity index (χ1v) is 5.98. The molecule has 0 unspecified atom stereocenters. The van der Waals surface area contributed by atoms with E-state index in [1.54, 1.807) is 12.1 Å². The Balaban J connectivity index is 2.01. The zero-order valence-corrected chi connectivity index (χ0v) is 10.1. The maximum absolute atomic E-state index is 13.3. The molecule has 17 heavy (non-hydrogen) atoms. The SMILES string of the molecule is Cc1nc(CNC(=O)c2ccccc2F)cs1. The van der Waals surface area contributed by atoms with Crippen molar-refractivity contribution in [2.45, 2.75) is 13.5 Å². The van der Waals surface area contributed by atoms with Crippen LogP contribution in [0.4, 0.5) is 4.39 Å². The van der Waals surface area contributed by atoms with E-state index in [1.165, 1.54) is 23.5 Å². The van der Waals surface area contributed by atoms with Crippen molar-refractivity contribution in [3.8, 4) is 0 Å². The quantitative estimate of drug-likeness (QED) is 0.909. The van der Waals surface area contributed by atoms with E-state index in [0.717, 1.165) is 10.7 Å². The van der Waals surface area contributed by atoms with Gasteiger partial charge < -0.3 is 5.32 Å². The maximum atomic E-state index is 13.3. The van der Waals surface area contributed by atoms with Crippen molar-refractivity contribution in [1.29, 1.82) is 0 Å². The lowest BCUT2D eigenvalue weighted by atomic mass is 10.2. The van der Waals surface area contributed by atoms with Crippen LogP contribution in [-0.2, 0) is 6.54 Å². The van der Waals surface area contributed by atoms with Gasteiger partial charge in [-0.15, -0.1) is 11.3 Å². The number of carbonyl (C=O) groups is 1. The van der Waals surface area contributed by atoms with E-state index in [4.69, 9.17) is 0 Å². The lowest BCUT2D eigenvalue weighted by molar-refractivity contribution is 0.0946. The van der Waals surface area contributed by atoms with Crippen molar-refractivity contribution in [3.63, 3.8) is 0 Å². The van der Waals surface area contributed by atoms with E-state index in [0.29, 0.717) is 6.54 Å². The van der Waals surface area contributed by atoms with E-state index in [1.807, 2.05) is 12.3 Å². The Labute approximate surface area is 102 Å². The fraction of sp³-hybridized carbons (Fsp3) is 0.167. The standard InChI is InChI=1S/C12H11FN2OS/c1-8-15-9(7-17-8)6-14-12(16)10-4-2-3-5-11(10)13/h2-5,7H,6H2,1H3,(H,14,16). The molecule has 2 aromatic rings. The molecule has 0 bridgehead atoms. The highest BCUT2D eigenvalue weighted by Crippen LogP contribution is 2.09. The summed E-state index contributed by atoms with van der Waals surface area (Å²) in [4.78, 5) is 15.9. The highest BCUT2D eigenvalue weighted by atomic mass is 32.1. The lowest BCUT2D eigenvalue weighted by Gasteiger charge is -2.03. The molecule has 1 heterocycles. The van der Waals surface area contributed by atoms with Crippen LogP contribution in [-0.4, -0.2) is 10.9 Å². The van der Waals surface area contributed by atoms with Gasteiger partial charge in [0.15, 0.2) is 0 Å². The minimum Gasteiger partial charge on any atom is -0.346 e. The summed E-state index contributed by atoms with van der Waals surface area (Å²) in [5.41, 5.74) is 0.844. The number of hydrogen-bond donors (Lipinski definition) is 1. The molecule has 0 saturated carbocycles. The molecule has 1 aromatic carbocycles. The van der Waals surface area contributed by atoms with Crippen molar-refractivity contribution >= 4 is 17.2 Å². The number of carbonyl (C=O) groups excluding carboxylic acids is 1. The summed E-state index contributed by atoms with van der Waals surface area (Å²) in [5, 5.41) is 5.45. The molecular weight excluding hydrogens is 239 g/mol. The third-order valence-electron chi connectivity index (χ3n) is 2.22. The Hall–Kier alpha value is -1.75. The van der Waals surface area contributed by atoms with Crippen LogP contribution < -0.4 is 5.32 Å². The van der Waals surface area contributed by atoms with Crippen LogP contribution in [0.15, 0.2) is 29.6 Å². The number of nitrogens with zero attached hydrogens (tertiary/aromatic N) is 1. The van der Waals surface area contributed by atoms with Crippen LogP contribution in [0.25, 0.3) is 0 Å². The fourth-order valence-electron chi connectivity index (χ4n) is 1.40. The predicted molar refractivity (Wildman–Crippen MR) is 64.4 cm³/mol. The Morgan fingerprint density at radius 1 is 1.47 bits per heavy atom. The normalized spacial score (nSPS) is 10.2. The average molecular weight is 250 g/mol. The fourth-order valence-corrected chi connectivity index (χ4v) is 2.01. The van der Waals surface area contributed by atoms with Gasteiger partial charge in [0.25, 0.3) is 5.91 Å². The summed E-state index contributed by atoms with van der Waals surface area (Å²) in [6.07, 6.45) is 0. The smallest absolute Gasteiger partial charge is 0.254 e. The molecule has 0 aliphatic rings. The number of amides is 1. The van der Waals surface area contributed by atoms with Gasteiger partial charge in [0.1, 0.15) is 5.82 Å². The van der Waals surface area contributed by atoms with Crippen molar-refractivity contribution in [2.75, 3.05) is 0 Å². The number of nitrogens with one attached hydrogen (secondary N) is 1. The molecule has 2 rings (SSSR count). The topological polar surface area (TPSA) is 42.0 Å². The van der Waals surface area contributed by atoms with E-state index in [2.05, 4.69) is 10.3 Å². The van der Waals surface area contributed by atoms with Crippen molar-refractivity contribution in [2.24, 2.45) is 0 Å². The Morgan fingerprint density at radius 2 is 2.24 bits per heavy atom. The van der Waals surface area contributed by atoms with Crippen LogP contribution in [0, 0.1) is 12.7 Å². The summed E-state index contributed by atoms with van der Waals surface area (Å²) in [6, 6.07) is 5.90. The zero-order chi connectivity index (χ0) is 12.3. The minimum atomic E-state index is -0.514. The Bertz CT molecular complexity index is 539. The Kier molecular flexibility index (Phi) is 3.49. The first kappa shape index (κ1) is 11.7. The molecule has 0 radical (unpaired) electrons. The second kappa shape index (κ2) is 5.05. The average Bonchev–Trinajstić information content (AvgIpc) is 2.73. The highest BCUT2D eigenvalue weighted by molar-refractivity contribution is 7.09. The third-order valence-corrected chi connectivity index (χ3v) is 3.04. The number of aryl methyl sites for hydroxylation is 1. The zero-order valence-electron chi connectivity index (χ0n) is 9.24. The van der Waals surface area contributed by atoms with Crippen LogP contribution in [0.3, 0.4) is 0 Å². The number of hydrogen-bond acceptors (Lipinski definition) is 3. The summed E-state index contributed by atoms with van der Waals surface area (Å²) >= 11 is 1.52. The van der Waals surface area contributed by atoms with Gasteiger partial charge >= 0.3 is 0 Å². The molecule has 1 amide bonds. The summed E-state index contributed by atoms with van der Waals surface area (Å²) < 4.78 is 13.3. The third kappa shape index (κ3) is 2.88. The second-order valence-corrected chi connectivity index (χ2v) is 4.58. The summed E-state index contributed by atoms with van der Waals surface area (Å²) in [5.74, 6) is -0.937. The molecule has 0 aliphatic heterocycles. The van der Waals surface area contributed by atoms with E-state index in [9.17, 15) is 9.18 Å². The molecule has 0 atom stereocenters. The first-order chi connectivity index (χ1) is 8.16. The largest absolute Gasteiger partial charge is 0.346 e. The Morgan fingerprint density at radius 3 is 2.88 bits per heavy atom. The van der Waals surface area contributed by atoms with Crippen molar-refractivity contribution < 1.29 is 9.18 Å². The molecule has 88 valence electrons. The molecule has 0 fully saturated rings. The van der Waals surface area contributed by atoms with Crippen LogP contribution in [0.2, 0.25) is 0 Å². The molecule has 0 spiro atoms. The van der Waals surface area contributed by atoms with E-state index < -0.39 is 11.7 Å². The number of rotatable bonds is 3. The molecule has 0 aliphatic carbocycles. The van der Waals surface area contributed by atoms with Crippen LogP contribution in [0.1, 0.15) is 21.1 Å². The predicted octanol–water partition coefficient (Wildman–Crippen LogP) is 2.52. The number of aromatic nitrogens is 1. The molecule has 1 aromatic heterocycles. The van der Waals surface area contributed by atoms with Gasteiger partial charge in [-0.1, -0.05) is 12.1 Å². The number of thiazole rings is 1. The maximum Gasteiger partial charge on any atom is 0.254 e. The molecule has 0 saturated heterocycles.